The van der Waals surface area contributed by atoms with Crippen molar-refractivity contribution in [2.24, 2.45) is 5.73 Å². The molecule has 7 nitrogen and oxygen atoms in total. The van der Waals surface area contributed by atoms with Crippen LogP contribution in [0.3, 0.4) is 0 Å². The van der Waals surface area contributed by atoms with E-state index in [1.807, 2.05) is 54.6 Å². The zero-order chi connectivity index (χ0) is 20.0. The van der Waals surface area contributed by atoms with Crippen LogP contribution in [0.25, 0.3) is 0 Å². The Morgan fingerprint density at radius 2 is 1.61 bits per heavy atom. The third-order valence-corrected chi connectivity index (χ3v) is 5.34. The predicted octanol–water partition coefficient (Wildman–Crippen LogP) is 3.22. The predicted molar refractivity (Wildman–Crippen MR) is 105 cm³/mol. The van der Waals surface area contributed by atoms with Gasteiger partial charge in [-0.15, -0.1) is 0 Å². The molecule has 0 aliphatic heterocycles. The molecule has 2 aromatic carbocycles. The first-order valence-electron chi connectivity index (χ1n) is 9.23. The van der Waals surface area contributed by atoms with Crippen molar-refractivity contribution in [3.63, 3.8) is 0 Å². The van der Waals surface area contributed by atoms with Crippen LogP contribution in [0, 0.1) is 0 Å². The van der Waals surface area contributed by atoms with Crippen LogP contribution in [0.4, 0.5) is 0 Å². The van der Waals surface area contributed by atoms with E-state index in [0.717, 1.165) is 23.5 Å². The van der Waals surface area contributed by atoms with Crippen LogP contribution in [0.15, 0.2) is 54.6 Å². The van der Waals surface area contributed by atoms with Crippen molar-refractivity contribution in [3.05, 3.63) is 60.2 Å². The molecular formula is C20H26NO6P. The molecule has 28 heavy (non-hydrogen) atoms. The number of nitrogens with two attached hydrogens (primary N) is 1. The van der Waals surface area contributed by atoms with Gasteiger partial charge in [0.1, 0.15) is 24.7 Å². The third-order valence-electron chi connectivity index (χ3n) is 4.88. The Bertz CT molecular complexity index is 794. The molecule has 1 fully saturated rings. The molecule has 2 atom stereocenters. The second-order valence-corrected chi connectivity index (χ2v) is 8.38. The van der Waals surface area contributed by atoms with Crippen molar-refractivity contribution in [1.82, 2.24) is 0 Å². The number of phosphoric ester groups is 1. The highest BCUT2D eigenvalue weighted by Crippen LogP contribution is 2.43. The molecule has 0 heterocycles. The fraction of sp³-hybridized carbons (Fsp3) is 0.400. The average molecular weight is 407 g/mol. The summed E-state index contributed by atoms with van der Waals surface area (Å²) in [5.41, 5.74) is 6.67. The highest BCUT2D eigenvalue weighted by molar-refractivity contribution is 7.46. The van der Waals surface area contributed by atoms with Gasteiger partial charge in [-0.3, -0.25) is 4.52 Å². The summed E-state index contributed by atoms with van der Waals surface area (Å²) in [4.78, 5) is 17.7. The molecule has 0 spiro atoms. The molecule has 152 valence electrons. The number of hydrogen-bond donors (Lipinski definition) is 3. The molecule has 0 bridgehead atoms. The second kappa shape index (κ2) is 9.07. The molecular weight excluding hydrogens is 381 g/mol. The summed E-state index contributed by atoms with van der Waals surface area (Å²) in [5, 5.41) is 0. The molecule has 1 aliphatic rings. The first-order valence-corrected chi connectivity index (χ1v) is 10.8. The van der Waals surface area contributed by atoms with Gasteiger partial charge in [0.25, 0.3) is 0 Å². The lowest BCUT2D eigenvalue weighted by Gasteiger charge is -2.24. The number of rotatable bonds is 9. The minimum Gasteiger partial charge on any atom is -0.490 e. The van der Waals surface area contributed by atoms with E-state index in [1.54, 1.807) is 0 Å². The van der Waals surface area contributed by atoms with E-state index < -0.39 is 13.4 Å². The molecule has 1 saturated carbocycles. The quantitative estimate of drug-likeness (QED) is 0.432. The maximum absolute atomic E-state index is 10.9. The summed E-state index contributed by atoms with van der Waals surface area (Å²) < 4.78 is 26.8. The normalized spacial score (nSPS) is 22.2. The number of para-hydroxylation sites is 1. The molecule has 1 aliphatic carbocycles. The Labute approximate surface area is 164 Å². The lowest BCUT2D eigenvalue weighted by atomic mass is 9.94. The zero-order valence-electron chi connectivity index (χ0n) is 15.6. The first-order chi connectivity index (χ1) is 13.3. The molecule has 0 radical (unpaired) electrons. The van der Waals surface area contributed by atoms with Crippen LogP contribution in [-0.2, 0) is 9.09 Å². The van der Waals surface area contributed by atoms with Gasteiger partial charge in [-0.05, 0) is 55.0 Å². The highest BCUT2D eigenvalue weighted by atomic mass is 31.2. The van der Waals surface area contributed by atoms with Crippen LogP contribution in [0.1, 0.15) is 30.7 Å². The van der Waals surface area contributed by atoms with Gasteiger partial charge in [0, 0.05) is 5.54 Å². The number of ether oxygens (including phenoxy) is 2. The average Bonchev–Trinajstić information content (AvgIpc) is 3.07. The SMILES string of the molecule is N[C@@]1(COP(=O)(O)O)CC[C@@H](c2ccc(OCCOc3ccccc3)cc2)C1. The van der Waals surface area contributed by atoms with E-state index >= 15 is 0 Å². The van der Waals surface area contributed by atoms with E-state index in [1.165, 1.54) is 0 Å². The Morgan fingerprint density at radius 3 is 2.21 bits per heavy atom. The summed E-state index contributed by atoms with van der Waals surface area (Å²) in [6.45, 7) is 0.767. The van der Waals surface area contributed by atoms with E-state index in [-0.39, 0.29) is 12.5 Å². The van der Waals surface area contributed by atoms with E-state index in [0.29, 0.717) is 26.1 Å². The van der Waals surface area contributed by atoms with Crippen LogP contribution < -0.4 is 15.2 Å². The minimum atomic E-state index is -4.50. The number of phosphoric acid groups is 1. The molecule has 8 heteroatoms. The monoisotopic (exact) mass is 407 g/mol. The van der Waals surface area contributed by atoms with Crippen molar-refractivity contribution < 1.29 is 28.3 Å². The van der Waals surface area contributed by atoms with Gasteiger partial charge in [0.05, 0.1) is 6.61 Å². The van der Waals surface area contributed by atoms with Crippen LogP contribution in [0.2, 0.25) is 0 Å². The van der Waals surface area contributed by atoms with E-state index in [4.69, 9.17) is 25.0 Å². The fourth-order valence-electron chi connectivity index (χ4n) is 3.46. The lowest BCUT2D eigenvalue weighted by molar-refractivity contribution is 0.153. The molecule has 0 aromatic heterocycles. The van der Waals surface area contributed by atoms with E-state index in [2.05, 4.69) is 4.52 Å². The van der Waals surface area contributed by atoms with Crippen LogP contribution in [0.5, 0.6) is 11.5 Å². The molecule has 0 amide bonds. The summed E-state index contributed by atoms with van der Waals surface area (Å²) in [5.74, 6) is 1.82. The van der Waals surface area contributed by atoms with Crippen molar-refractivity contribution in [2.75, 3.05) is 19.8 Å². The van der Waals surface area contributed by atoms with Gasteiger partial charge in [0.15, 0.2) is 0 Å². The highest BCUT2D eigenvalue weighted by Gasteiger charge is 2.38. The summed E-state index contributed by atoms with van der Waals surface area (Å²) in [7, 11) is -4.50. The Kier molecular flexibility index (Phi) is 6.75. The van der Waals surface area contributed by atoms with Gasteiger partial charge in [-0.2, -0.15) is 0 Å². The maximum atomic E-state index is 10.9. The first kappa shape index (κ1) is 20.8. The standard InChI is InChI=1S/C20H26NO6P/c21-20(15-27-28(22,23)24)11-10-17(14-20)16-6-8-19(9-7-16)26-13-12-25-18-4-2-1-3-5-18/h1-9,17H,10-15,21H2,(H2,22,23,24)/t17-,20+/m1/s1. The van der Waals surface area contributed by atoms with Crippen molar-refractivity contribution in [3.8, 4) is 11.5 Å². The van der Waals surface area contributed by atoms with Crippen molar-refractivity contribution in [1.29, 1.82) is 0 Å². The summed E-state index contributed by atoms with van der Waals surface area (Å²) >= 11 is 0. The van der Waals surface area contributed by atoms with Gasteiger partial charge in [0.2, 0.25) is 0 Å². The van der Waals surface area contributed by atoms with Crippen LogP contribution >= 0.6 is 7.82 Å². The van der Waals surface area contributed by atoms with Crippen LogP contribution in [-0.4, -0.2) is 35.1 Å². The zero-order valence-corrected chi connectivity index (χ0v) is 16.5. The fourth-order valence-corrected chi connectivity index (χ4v) is 3.88. The molecule has 0 unspecified atom stereocenters. The van der Waals surface area contributed by atoms with Gasteiger partial charge >= 0.3 is 7.82 Å². The topological polar surface area (TPSA) is 111 Å². The number of hydrogen-bond acceptors (Lipinski definition) is 5. The largest absolute Gasteiger partial charge is 0.490 e. The summed E-state index contributed by atoms with van der Waals surface area (Å²) in [6, 6.07) is 17.4. The van der Waals surface area contributed by atoms with Gasteiger partial charge in [-0.1, -0.05) is 30.3 Å². The van der Waals surface area contributed by atoms with Crippen molar-refractivity contribution >= 4 is 7.82 Å². The Hall–Kier alpha value is -1.89. The van der Waals surface area contributed by atoms with E-state index in [9.17, 15) is 4.57 Å². The number of benzene rings is 2. The maximum Gasteiger partial charge on any atom is 0.469 e. The minimum absolute atomic E-state index is 0.142. The van der Waals surface area contributed by atoms with Crippen molar-refractivity contribution in [2.45, 2.75) is 30.7 Å². The smallest absolute Gasteiger partial charge is 0.469 e. The third kappa shape index (κ3) is 6.33. The second-order valence-electron chi connectivity index (χ2n) is 7.15. The Morgan fingerprint density at radius 1 is 1.00 bits per heavy atom. The van der Waals surface area contributed by atoms with Gasteiger partial charge < -0.3 is 25.0 Å². The molecule has 0 saturated heterocycles. The molecule has 3 rings (SSSR count). The lowest BCUT2D eigenvalue weighted by Crippen LogP contribution is -2.41. The molecule has 2 aromatic rings. The Balaban J connectivity index is 1.44. The summed E-state index contributed by atoms with van der Waals surface area (Å²) in [6.07, 6.45) is 2.14. The molecule has 4 N–H and O–H groups in total. The van der Waals surface area contributed by atoms with Gasteiger partial charge in [-0.25, -0.2) is 4.57 Å².